The second kappa shape index (κ2) is 7.56. The summed E-state index contributed by atoms with van der Waals surface area (Å²) in [5.74, 6) is -0.668. The van der Waals surface area contributed by atoms with Gasteiger partial charge < -0.3 is 14.9 Å². The second-order valence-corrected chi connectivity index (χ2v) is 7.29. The van der Waals surface area contributed by atoms with E-state index >= 15 is 0 Å². The van der Waals surface area contributed by atoms with Crippen molar-refractivity contribution in [2.24, 2.45) is 7.05 Å². The van der Waals surface area contributed by atoms with Gasteiger partial charge in [0.25, 0.3) is 11.7 Å². The number of carbonyl (C=O) groups excluding carboxylic acids is 2. The molecule has 0 bridgehead atoms. The SMILES string of the molecule is Cc1[nH]c2ccccc2c1C(=O)C(=O)NC(c1ccc(Cl)cc1)c1nccn1C. The zero-order valence-corrected chi connectivity index (χ0v) is 16.7. The number of nitrogens with zero attached hydrogens (tertiary/aromatic N) is 2. The first-order chi connectivity index (χ1) is 14.0. The van der Waals surface area contributed by atoms with E-state index in [1.54, 1.807) is 36.0 Å². The number of para-hydroxylation sites is 1. The van der Waals surface area contributed by atoms with E-state index in [1.165, 1.54) is 0 Å². The number of hydrogen-bond donors (Lipinski definition) is 2. The zero-order valence-electron chi connectivity index (χ0n) is 15.9. The maximum atomic E-state index is 13.0. The quantitative estimate of drug-likeness (QED) is 0.389. The van der Waals surface area contributed by atoms with Crippen molar-refractivity contribution in [3.05, 3.63) is 88.6 Å². The van der Waals surface area contributed by atoms with Crippen LogP contribution in [-0.2, 0) is 11.8 Å². The van der Waals surface area contributed by atoms with Crippen LogP contribution in [0.15, 0.2) is 60.9 Å². The molecule has 0 spiro atoms. The number of halogens is 1. The van der Waals surface area contributed by atoms with Gasteiger partial charge in [-0.15, -0.1) is 0 Å². The lowest BCUT2D eigenvalue weighted by molar-refractivity contribution is -0.117. The molecule has 146 valence electrons. The number of ketones is 1. The first kappa shape index (κ1) is 19.0. The van der Waals surface area contributed by atoms with Crippen LogP contribution < -0.4 is 5.32 Å². The Hall–Kier alpha value is -3.38. The molecule has 0 radical (unpaired) electrons. The maximum Gasteiger partial charge on any atom is 0.293 e. The molecule has 7 heteroatoms. The molecule has 6 nitrogen and oxygen atoms in total. The Labute approximate surface area is 172 Å². The minimum absolute atomic E-state index is 0.382. The lowest BCUT2D eigenvalue weighted by atomic mass is 10.0. The number of nitrogens with one attached hydrogen (secondary N) is 2. The molecule has 0 fully saturated rings. The summed E-state index contributed by atoms with van der Waals surface area (Å²) in [6.07, 6.45) is 3.44. The average Bonchev–Trinajstić information content (AvgIpc) is 3.28. The van der Waals surface area contributed by atoms with Crippen LogP contribution in [0.4, 0.5) is 0 Å². The van der Waals surface area contributed by atoms with Crippen molar-refractivity contribution < 1.29 is 9.59 Å². The fourth-order valence-electron chi connectivity index (χ4n) is 3.49. The summed E-state index contributed by atoms with van der Waals surface area (Å²) in [5, 5.41) is 4.16. The van der Waals surface area contributed by atoms with Crippen molar-refractivity contribution in [3.63, 3.8) is 0 Å². The van der Waals surface area contributed by atoms with Gasteiger partial charge in [0.05, 0.1) is 5.56 Å². The molecule has 4 aromatic rings. The molecule has 1 amide bonds. The monoisotopic (exact) mass is 406 g/mol. The topological polar surface area (TPSA) is 79.8 Å². The van der Waals surface area contributed by atoms with Gasteiger partial charge in [-0.3, -0.25) is 9.59 Å². The molecular formula is C22H19ClN4O2. The summed E-state index contributed by atoms with van der Waals surface area (Å²) in [6, 6.07) is 13.9. The van der Waals surface area contributed by atoms with Crippen LogP contribution in [0.25, 0.3) is 10.9 Å². The molecule has 2 N–H and O–H groups in total. The second-order valence-electron chi connectivity index (χ2n) is 6.85. The van der Waals surface area contributed by atoms with Gasteiger partial charge in [0.1, 0.15) is 11.9 Å². The van der Waals surface area contributed by atoms with Crippen LogP contribution >= 0.6 is 11.6 Å². The molecule has 2 aromatic carbocycles. The third kappa shape index (κ3) is 3.54. The Balaban J connectivity index is 1.69. The Morgan fingerprint density at radius 1 is 1.14 bits per heavy atom. The molecule has 0 aliphatic rings. The fourth-order valence-corrected chi connectivity index (χ4v) is 3.61. The first-order valence-electron chi connectivity index (χ1n) is 9.11. The number of aryl methyl sites for hydroxylation is 2. The van der Waals surface area contributed by atoms with Crippen molar-refractivity contribution >= 4 is 34.2 Å². The highest BCUT2D eigenvalue weighted by atomic mass is 35.5. The number of rotatable bonds is 5. The Kier molecular flexibility index (Phi) is 4.94. The number of benzene rings is 2. The molecule has 0 saturated heterocycles. The predicted molar refractivity (Wildman–Crippen MR) is 112 cm³/mol. The van der Waals surface area contributed by atoms with E-state index in [2.05, 4.69) is 15.3 Å². The van der Waals surface area contributed by atoms with E-state index in [9.17, 15) is 9.59 Å². The van der Waals surface area contributed by atoms with Gasteiger partial charge in [-0.05, 0) is 30.7 Å². The van der Waals surface area contributed by atoms with E-state index in [1.807, 2.05) is 43.4 Å². The number of imidazole rings is 1. The third-order valence-corrected chi connectivity index (χ3v) is 5.17. The van der Waals surface area contributed by atoms with Gasteiger partial charge in [0.2, 0.25) is 0 Å². The number of hydrogen-bond acceptors (Lipinski definition) is 3. The number of fused-ring (bicyclic) bond motifs is 1. The van der Waals surface area contributed by atoms with Gasteiger partial charge >= 0.3 is 0 Å². The smallest absolute Gasteiger partial charge is 0.293 e. The lowest BCUT2D eigenvalue weighted by Gasteiger charge is -2.19. The van der Waals surface area contributed by atoms with Crippen molar-refractivity contribution in [3.8, 4) is 0 Å². The molecule has 2 aromatic heterocycles. The number of H-pyrrole nitrogens is 1. The van der Waals surface area contributed by atoms with E-state index < -0.39 is 17.7 Å². The van der Waals surface area contributed by atoms with Gasteiger partial charge in [-0.25, -0.2) is 4.98 Å². The molecule has 4 rings (SSSR count). The number of Topliss-reactive ketones (excluding diaryl/α,β-unsaturated/α-hetero) is 1. The highest BCUT2D eigenvalue weighted by Crippen LogP contribution is 2.25. The summed E-state index contributed by atoms with van der Waals surface area (Å²) >= 11 is 6.00. The molecule has 29 heavy (non-hydrogen) atoms. The molecule has 0 aliphatic carbocycles. The minimum atomic E-state index is -0.694. The van der Waals surface area contributed by atoms with Gasteiger partial charge in [0, 0.05) is 41.1 Å². The standard InChI is InChI=1S/C22H19ClN4O2/c1-13-18(16-5-3-4-6-17(16)25-13)20(28)22(29)26-19(21-24-11-12-27(21)2)14-7-9-15(23)10-8-14/h3-12,19,25H,1-2H3,(H,26,29). The highest BCUT2D eigenvalue weighted by molar-refractivity contribution is 6.45. The Bertz CT molecular complexity index is 1210. The van der Waals surface area contributed by atoms with E-state index in [0.29, 0.717) is 22.1 Å². The van der Waals surface area contributed by atoms with E-state index in [-0.39, 0.29) is 0 Å². The Morgan fingerprint density at radius 2 is 1.86 bits per heavy atom. The minimum Gasteiger partial charge on any atom is -0.358 e. The zero-order chi connectivity index (χ0) is 20.5. The average molecular weight is 407 g/mol. The normalized spacial score (nSPS) is 12.1. The summed E-state index contributed by atoms with van der Waals surface area (Å²) in [4.78, 5) is 33.5. The van der Waals surface area contributed by atoms with Crippen molar-refractivity contribution in [2.75, 3.05) is 0 Å². The fraction of sp³-hybridized carbons (Fsp3) is 0.136. The van der Waals surface area contributed by atoms with Crippen LogP contribution in [0, 0.1) is 6.92 Å². The van der Waals surface area contributed by atoms with Crippen LogP contribution in [0.3, 0.4) is 0 Å². The van der Waals surface area contributed by atoms with Crippen molar-refractivity contribution in [1.29, 1.82) is 0 Å². The number of carbonyl (C=O) groups is 2. The molecular weight excluding hydrogens is 388 g/mol. The molecule has 1 atom stereocenters. The third-order valence-electron chi connectivity index (χ3n) is 4.92. The van der Waals surface area contributed by atoms with E-state index in [4.69, 9.17) is 11.6 Å². The summed E-state index contributed by atoms with van der Waals surface area (Å²) in [6.45, 7) is 1.79. The maximum absolute atomic E-state index is 13.0. The van der Waals surface area contributed by atoms with E-state index in [0.717, 1.165) is 16.5 Å². The van der Waals surface area contributed by atoms with Crippen molar-refractivity contribution in [2.45, 2.75) is 13.0 Å². The Morgan fingerprint density at radius 3 is 2.55 bits per heavy atom. The largest absolute Gasteiger partial charge is 0.358 e. The molecule has 1 unspecified atom stereocenters. The van der Waals surface area contributed by atoms with Crippen LogP contribution in [0.2, 0.25) is 5.02 Å². The van der Waals surface area contributed by atoms with Crippen LogP contribution in [0.5, 0.6) is 0 Å². The lowest BCUT2D eigenvalue weighted by Crippen LogP contribution is -2.36. The summed E-state index contributed by atoms with van der Waals surface area (Å²) in [7, 11) is 1.84. The van der Waals surface area contributed by atoms with Crippen LogP contribution in [-0.4, -0.2) is 26.2 Å². The predicted octanol–water partition coefficient (Wildman–Crippen LogP) is 3.95. The number of amides is 1. The molecule has 0 aliphatic heterocycles. The molecule has 0 saturated carbocycles. The van der Waals surface area contributed by atoms with Gasteiger partial charge in [0.15, 0.2) is 0 Å². The van der Waals surface area contributed by atoms with Gasteiger partial charge in [-0.2, -0.15) is 0 Å². The summed E-state index contributed by atoms with van der Waals surface area (Å²) < 4.78 is 1.81. The number of aromatic amines is 1. The molecule has 2 heterocycles. The highest BCUT2D eigenvalue weighted by Gasteiger charge is 2.27. The van der Waals surface area contributed by atoms with Crippen molar-refractivity contribution in [1.82, 2.24) is 19.9 Å². The first-order valence-corrected chi connectivity index (χ1v) is 9.48. The number of aromatic nitrogens is 3. The van der Waals surface area contributed by atoms with Gasteiger partial charge in [-0.1, -0.05) is 41.9 Å². The summed E-state index contributed by atoms with van der Waals surface area (Å²) in [5.41, 5.74) is 2.64. The van der Waals surface area contributed by atoms with Crippen LogP contribution in [0.1, 0.15) is 33.5 Å².